The van der Waals surface area contributed by atoms with E-state index < -0.39 is 27.7 Å². The molecular weight excluding hydrogens is 381 g/mol. The van der Waals surface area contributed by atoms with Crippen LogP contribution in [0.1, 0.15) is 28.4 Å². The monoisotopic (exact) mass is 398 g/mol. The number of benzene rings is 2. The normalized spacial score (nSPS) is 16.9. The second kappa shape index (κ2) is 6.56. The highest BCUT2D eigenvalue weighted by Crippen LogP contribution is 2.35. The van der Waals surface area contributed by atoms with Crippen LogP contribution in [0.5, 0.6) is 0 Å². The quantitative estimate of drug-likeness (QED) is 0.858. The van der Waals surface area contributed by atoms with Crippen molar-refractivity contribution in [2.24, 2.45) is 0 Å². The van der Waals surface area contributed by atoms with Gasteiger partial charge in [0.05, 0.1) is 17.5 Å². The zero-order valence-electron chi connectivity index (χ0n) is 14.5. The molecule has 9 heteroatoms. The van der Waals surface area contributed by atoms with Crippen molar-refractivity contribution in [2.75, 3.05) is 15.9 Å². The molecule has 27 heavy (non-hydrogen) atoms. The van der Waals surface area contributed by atoms with E-state index >= 15 is 0 Å². The summed E-state index contributed by atoms with van der Waals surface area (Å²) in [5.74, 6) is -0.567. The molecule has 0 spiro atoms. The summed E-state index contributed by atoms with van der Waals surface area (Å²) in [5, 5.41) is 2.44. The minimum atomic E-state index is -4.50. The molecule has 5 nitrogen and oxygen atoms in total. The number of fused-ring (bicyclic) bond motifs is 1. The van der Waals surface area contributed by atoms with Gasteiger partial charge in [-0.05, 0) is 55.3 Å². The first-order valence-electron chi connectivity index (χ1n) is 8.08. The van der Waals surface area contributed by atoms with Crippen molar-refractivity contribution in [1.82, 2.24) is 0 Å². The number of nitrogens with zero attached hydrogens (tertiary/aromatic N) is 1. The Kier molecular flexibility index (Phi) is 4.67. The summed E-state index contributed by atoms with van der Waals surface area (Å²) in [6, 6.07) is 8.67. The molecule has 1 heterocycles. The first kappa shape index (κ1) is 19.2. The van der Waals surface area contributed by atoms with Gasteiger partial charge in [0, 0.05) is 17.3 Å². The van der Waals surface area contributed by atoms with Crippen molar-refractivity contribution >= 4 is 27.3 Å². The summed E-state index contributed by atoms with van der Waals surface area (Å²) in [5.41, 5.74) is 0.632. The van der Waals surface area contributed by atoms with Crippen LogP contribution in [0, 0.1) is 0 Å². The van der Waals surface area contributed by atoms with Gasteiger partial charge in [0.25, 0.3) is 5.91 Å². The molecule has 1 amide bonds. The van der Waals surface area contributed by atoms with Gasteiger partial charge in [0.2, 0.25) is 10.0 Å². The molecular formula is C18H17F3N2O3S. The number of sulfonamides is 1. The van der Waals surface area contributed by atoms with Crippen LogP contribution in [-0.4, -0.2) is 26.6 Å². The van der Waals surface area contributed by atoms with Gasteiger partial charge in [-0.3, -0.25) is 9.10 Å². The number of carbonyl (C=O) groups excluding carboxylic acids is 1. The van der Waals surface area contributed by atoms with Crippen molar-refractivity contribution in [3.63, 3.8) is 0 Å². The maximum absolute atomic E-state index is 12.8. The van der Waals surface area contributed by atoms with E-state index in [-0.39, 0.29) is 17.3 Å². The lowest BCUT2D eigenvalue weighted by molar-refractivity contribution is -0.137. The molecule has 0 saturated heterocycles. The minimum Gasteiger partial charge on any atom is -0.322 e. The molecule has 0 saturated carbocycles. The number of anilines is 2. The van der Waals surface area contributed by atoms with Crippen molar-refractivity contribution < 1.29 is 26.4 Å². The highest BCUT2D eigenvalue weighted by atomic mass is 32.2. The number of hydrogen-bond donors (Lipinski definition) is 1. The fourth-order valence-electron chi connectivity index (χ4n) is 3.23. The number of rotatable bonds is 3. The van der Waals surface area contributed by atoms with Crippen molar-refractivity contribution in [3.8, 4) is 0 Å². The summed E-state index contributed by atoms with van der Waals surface area (Å²) >= 11 is 0. The zero-order chi connectivity index (χ0) is 20.0. The van der Waals surface area contributed by atoms with Gasteiger partial charge in [-0.1, -0.05) is 6.07 Å². The molecule has 2 aromatic rings. The molecule has 0 unspecified atom stereocenters. The predicted molar refractivity (Wildman–Crippen MR) is 96.3 cm³/mol. The van der Waals surface area contributed by atoms with Gasteiger partial charge in [-0.25, -0.2) is 8.42 Å². The molecule has 1 aliphatic rings. The summed E-state index contributed by atoms with van der Waals surface area (Å²) in [6.07, 6.45) is -2.93. The molecule has 1 atom stereocenters. The standard InChI is InChI=1S/C18H17F3N2O3S/c1-11-8-13-9-12(6-7-16(13)23(11)27(2,25)26)17(24)22-15-5-3-4-14(10-15)18(19,20)21/h3-7,9-11H,8H2,1-2H3,(H,22,24)/t11-/m1/s1. The summed E-state index contributed by atoms with van der Waals surface area (Å²) < 4.78 is 63.5. The van der Waals surface area contributed by atoms with E-state index in [1.165, 1.54) is 22.5 Å². The Labute approximate surface area is 154 Å². The van der Waals surface area contributed by atoms with Crippen LogP contribution in [0.3, 0.4) is 0 Å². The summed E-state index contributed by atoms with van der Waals surface area (Å²) in [7, 11) is -3.44. The molecule has 144 valence electrons. The van der Waals surface area contributed by atoms with Crippen molar-refractivity contribution in [3.05, 3.63) is 59.2 Å². The maximum atomic E-state index is 12.8. The molecule has 1 N–H and O–H groups in total. The topological polar surface area (TPSA) is 66.5 Å². The van der Waals surface area contributed by atoms with E-state index in [9.17, 15) is 26.4 Å². The Morgan fingerprint density at radius 3 is 2.52 bits per heavy atom. The summed E-state index contributed by atoms with van der Waals surface area (Å²) in [6.45, 7) is 1.77. The van der Waals surface area contributed by atoms with Gasteiger partial charge in [0.1, 0.15) is 0 Å². The Morgan fingerprint density at radius 2 is 1.89 bits per heavy atom. The number of halogens is 3. The first-order chi connectivity index (χ1) is 12.5. The van der Waals surface area contributed by atoms with Crippen LogP contribution in [0.4, 0.5) is 24.5 Å². The average molecular weight is 398 g/mol. The largest absolute Gasteiger partial charge is 0.416 e. The Bertz CT molecular complexity index is 1000. The zero-order valence-corrected chi connectivity index (χ0v) is 15.4. The predicted octanol–water partition coefficient (Wildman–Crippen LogP) is 3.67. The Balaban J connectivity index is 1.85. The fourth-order valence-corrected chi connectivity index (χ4v) is 4.49. The van der Waals surface area contributed by atoms with E-state index in [0.717, 1.165) is 18.4 Å². The van der Waals surface area contributed by atoms with Crippen molar-refractivity contribution in [1.29, 1.82) is 0 Å². The Morgan fingerprint density at radius 1 is 1.19 bits per heavy atom. The molecule has 2 aromatic carbocycles. The number of carbonyl (C=O) groups is 1. The highest BCUT2D eigenvalue weighted by Gasteiger charge is 2.33. The second-order valence-electron chi connectivity index (χ2n) is 6.49. The van der Waals surface area contributed by atoms with Gasteiger partial charge in [-0.2, -0.15) is 13.2 Å². The second-order valence-corrected chi connectivity index (χ2v) is 8.35. The third kappa shape index (κ3) is 3.92. The van der Waals surface area contributed by atoms with E-state index in [1.54, 1.807) is 19.1 Å². The van der Waals surface area contributed by atoms with E-state index in [1.807, 2.05) is 0 Å². The lowest BCUT2D eigenvalue weighted by Crippen LogP contribution is -2.34. The molecule has 0 bridgehead atoms. The van der Waals surface area contributed by atoms with E-state index in [4.69, 9.17) is 0 Å². The summed E-state index contributed by atoms with van der Waals surface area (Å²) in [4.78, 5) is 12.4. The fraction of sp³-hybridized carbons (Fsp3) is 0.278. The molecule has 0 aromatic heterocycles. The van der Waals surface area contributed by atoms with Crippen LogP contribution in [0.2, 0.25) is 0 Å². The lowest BCUT2D eigenvalue weighted by atomic mass is 10.1. The van der Waals surface area contributed by atoms with Crippen LogP contribution >= 0.6 is 0 Å². The van der Waals surface area contributed by atoms with Crippen LogP contribution < -0.4 is 9.62 Å². The minimum absolute atomic E-state index is 0.0291. The average Bonchev–Trinajstić information content (AvgIpc) is 2.89. The van der Waals surface area contributed by atoms with Gasteiger partial charge in [-0.15, -0.1) is 0 Å². The van der Waals surface area contributed by atoms with Crippen LogP contribution in [0.15, 0.2) is 42.5 Å². The van der Waals surface area contributed by atoms with Gasteiger partial charge in [0.15, 0.2) is 0 Å². The molecule has 1 aliphatic heterocycles. The smallest absolute Gasteiger partial charge is 0.322 e. The maximum Gasteiger partial charge on any atom is 0.416 e. The van der Waals surface area contributed by atoms with Crippen molar-refractivity contribution in [2.45, 2.75) is 25.6 Å². The van der Waals surface area contributed by atoms with Gasteiger partial charge >= 0.3 is 6.18 Å². The SMILES string of the molecule is C[C@@H]1Cc2cc(C(=O)Nc3cccc(C(F)(F)F)c3)ccc2N1S(C)(=O)=O. The molecule has 0 aliphatic carbocycles. The Hall–Kier alpha value is -2.55. The number of alkyl halides is 3. The van der Waals surface area contributed by atoms with Crippen LogP contribution in [0.25, 0.3) is 0 Å². The third-order valence-corrected chi connectivity index (χ3v) is 5.57. The molecule has 0 fully saturated rings. The van der Waals surface area contributed by atoms with Gasteiger partial charge < -0.3 is 5.32 Å². The number of amides is 1. The molecule has 0 radical (unpaired) electrons. The van der Waals surface area contributed by atoms with Crippen LogP contribution in [-0.2, 0) is 22.6 Å². The van der Waals surface area contributed by atoms with E-state index in [2.05, 4.69) is 5.32 Å². The number of nitrogens with one attached hydrogen (secondary N) is 1. The number of hydrogen-bond acceptors (Lipinski definition) is 3. The van der Waals surface area contributed by atoms with E-state index in [0.29, 0.717) is 17.7 Å². The lowest BCUT2D eigenvalue weighted by Gasteiger charge is -2.21. The highest BCUT2D eigenvalue weighted by molar-refractivity contribution is 7.92. The first-order valence-corrected chi connectivity index (χ1v) is 9.92. The third-order valence-electron chi connectivity index (χ3n) is 4.30. The molecule has 3 rings (SSSR count).